The van der Waals surface area contributed by atoms with E-state index in [4.69, 9.17) is 15.9 Å². The number of hydrogen-bond acceptors (Lipinski definition) is 3. The molecular formula is C19H16N2O2. The molecule has 0 fully saturated rings. The fourth-order valence-electron chi connectivity index (χ4n) is 2.30. The van der Waals surface area contributed by atoms with E-state index in [2.05, 4.69) is 6.58 Å². The van der Waals surface area contributed by atoms with Crippen molar-refractivity contribution in [2.75, 3.05) is 0 Å². The lowest BCUT2D eigenvalue weighted by Crippen LogP contribution is -2.10. The summed E-state index contributed by atoms with van der Waals surface area (Å²) in [4.78, 5) is 11.1. The SMILES string of the molecule is C=C(N)c1ccc(-c2ccc(-c3ccc(C(N)=O)cc3)o2)cc1. The Bertz CT molecular complexity index is 787. The summed E-state index contributed by atoms with van der Waals surface area (Å²) in [5.74, 6) is 1.04. The van der Waals surface area contributed by atoms with Crippen LogP contribution in [0.15, 0.2) is 71.7 Å². The molecule has 0 aliphatic heterocycles. The number of carbonyl (C=O) groups is 1. The second kappa shape index (κ2) is 5.85. The first-order chi connectivity index (χ1) is 11.0. The second-order valence-corrected chi connectivity index (χ2v) is 5.21. The van der Waals surface area contributed by atoms with Gasteiger partial charge in [0.2, 0.25) is 5.91 Å². The van der Waals surface area contributed by atoms with E-state index in [0.717, 1.165) is 28.2 Å². The first-order valence-corrected chi connectivity index (χ1v) is 7.10. The molecule has 3 rings (SSSR count). The van der Waals surface area contributed by atoms with Crippen LogP contribution < -0.4 is 11.5 Å². The third-order valence-corrected chi connectivity index (χ3v) is 3.60. The number of primary amides is 1. The third kappa shape index (κ3) is 3.01. The van der Waals surface area contributed by atoms with E-state index in [1.807, 2.05) is 48.5 Å². The van der Waals surface area contributed by atoms with Crippen LogP contribution in [0.25, 0.3) is 28.3 Å². The highest BCUT2D eigenvalue weighted by Gasteiger charge is 2.08. The quantitative estimate of drug-likeness (QED) is 0.772. The molecule has 0 saturated heterocycles. The lowest BCUT2D eigenvalue weighted by Gasteiger charge is -2.02. The summed E-state index contributed by atoms with van der Waals surface area (Å²) in [6, 6.07) is 18.5. The zero-order valence-corrected chi connectivity index (χ0v) is 12.5. The first kappa shape index (κ1) is 14.7. The van der Waals surface area contributed by atoms with Crippen LogP contribution in [-0.2, 0) is 0 Å². The summed E-state index contributed by atoms with van der Waals surface area (Å²) >= 11 is 0. The van der Waals surface area contributed by atoms with Crippen molar-refractivity contribution in [2.24, 2.45) is 11.5 Å². The smallest absolute Gasteiger partial charge is 0.248 e. The topological polar surface area (TPSA) is 82.2 Å². The number of rotatable bonds is 4. The van der Waals surface area contributed by atoms with Crippen LogP contribution in [0, 0.1) is 0 Å². The summed E-state index contributed by atoms with van der Waals surface area (Å²) in [6.45, 7) is 3.71. The normalized spacial score (nSPS) is 10.4. The van der Waals surface area contributed by atoms with E-state index in [9.17, 15) is 4.79 Å². The van der Waals surface area contributed by atoms with Crippen molar-refractivity contribution in [3.8, 4) is 22.6 Å². The Hall–Kier alpha value is -3.27. The van der Waals surface area contributed by atoms with Gasteiger partial charge in [-0.2, -0.15) is 0 Å². The fourth-order valence-corrected chi connectivity index (χ4v) is 2.30. The summed E-state index contributed by atoms with van der Waals surface area (Å²) in [6.07, 6.45) is 0. The zero-order valence-electron chi connectivity index (χ0n) is 12.5. The molecule has 0 atom stereocenters. The molecule has 0 bridgehead atoms. The number of furan rings is 1. The van der Waals surface area contributed by atoms with Gasteiger partial charge in [-0.1, -0.05) is 43.0 Å². The molecule has 114 valence electrons. The van der Waals surface area contributed by atoms with Gasteiger partial charge in [0, 0.05) is 22.4 Å². The van der Waals surface area contributed by atoms with Crippen LogP contribution in [0.1, 0.15) is 15.9 Å². The van der Waals surface area contributed by atoms with E-state index < -0.39 is 5.91 Å². The highest BCUT2D eigenvalue weighted by molar-refractivity contribution is 5.93. The lowest BCUT2D eigenvalue weighted by atomic mass is 10.1. The summed E-state index contributed by atoms with van der Waals surface area (Å²) in [7, 11) is 0. The van der Waals surface area contributed by atoms with Gasteiger partial charge in [-0.15, -0.1) is 0 Å². The molecule has 0 saturated carbocycles. The Labute approximate surface area is 134 Å². The maximum absolute atomic E-state index is 11.1. The van der Waals surface area contributed by atoms with Crippen LogP contribution in [0.5, 0.6) is 0 Å². The monoisotopic (exact) mass is 304 g/mol. The molecule has 0 aliphatic carbocycles. The van der Waals surface area contributed by atoms with Crippen molar-refractivity contribution in [1.29, 1.82) is 0 Å². The number of benzene rings is 2. The first-order valence-electron chi connectivity index (χ1n) is 7.10. The average molecular weight is 304 g/mol. The Morgan fingerprint density at radius 3 is 1.57 bits per heavy atom. The molecule has 3 aromatic rings. The molecule has 4 nitrogen and oxygen atoms in total. The van der Waals surface area contributed by atoms with Crippen LogP contribution >= 0.6 is 0 Å². The molecule has 1 amide bonds. The minimum absolute atomic E-state index is 0.446. The van der Waals surface area contributed by atoms with Gasteiger partial charge < -0.3 is 15.9 Å². The van der Waals surface area contributed by atoms with Crippen molar-refractivity contribution >= 4 is 11.6 Å². The standard InChI is InChI=1S/C19H16N2O2/c1-12(20)13-2-4-14(5-3-13)17-10-11-18(23-17)15-6-8-16(9-7-15)19(21)22/h2-11H,1,20H2,(H2,21,22). The zero-order chi connectivity index (χ0) is 16.4. The van der Waals surface area contributed by atoms with Crippen LogP contribution in [0.3, 0.4) is 0 Å². The Kier molecular flexibility index (Phi) is 3.73. The largest absolute Gasteiger partial charge is 0.456 e. The Balaban J connectivity index is 1.87. The number of amides is 1. The van der Waals surface area contributed by atoms with Gasteiger partial charge in [-0.25, -0.2) is 0 Å². The van der Waals surface area contributed by atoms with Gasteiger partial charge in [-0.3, -0.25) is 4.79 Å². The summed E-state index contributed by atoms with van der Waals surface area (Å²) in [5.41, 5.74) is 14.6. The molecule has 4 N–H and O–H groups in total. The highest BCUT2D eigenvalue weighted by Crippen LogP contribution is 2.29. The van der Waals surface area contributed by atoms with E-state index in [1.54, 1.807) is 12.1 Å². The van der Waals surface area contributed by atoms with Crippen molar-refractivity contribution in [3.63, 3.8) is 0 Å². The molecule has 2 aromatic carbocycles. The highest BCUT2D eigenvalue weighted by atomic mass is 16.3. The Morgan fingerprint density at radius 2 is 1.17 bits per heavy atom. The van der Waals surface area contributed by atoms with Gasteiger partial charge in [0.15, 0.2) is 0 Å². The molecule has 0 unspecified atom stereocenters. The van der Waals surface area contributed by atoms with Crippen molar-refractivity contribution < 1.29 is 9.21 Å². The minimum atomic E-state index is -0.446. The summed E-state index contributed by atoms with van der Waals surface area (Å²) < 4.78 is 5.89. The third-order valence-electron chi connectivity index (χ3n) is 3.60. The number of nitrogens with two attached hydrogens (primary N) is 2. The minimum Gasteiger partial charge on any atom is -0.456 e. The van der Waals surface area contributed by atoms with E-state index >= 15 is 0 Å². The van der Waals surface area contributed by atoms with E-state index in [-0.39, 0.29) is 0 Å². The van der Waals surface area contributed by atoms with Gasteiger partial charge in [-0.05, 0) is 29.8 Å². The predicted octanol–water partition coefficient (Wildman–Crippen LogP) is 3.64. The van der Waals surface area contributed by atoms with Gasteiger partial charge in [0.1, 0.15) is 11.5 Å². The average Bonchev–Trinajstić information content (AvgIpc) is 3.05. The molecule has 1 heterocycles. The molecule has 0 aliphatic rings. The van der Waals surface area contributed by atoms with E-state index in [1.165, 1.54) is 0 Å². The van der Waals surface area contributed by atoms with Crippen molar-refractivity contribution in [1.82, 2.24) is 0 Å². The molecule has 0 spiro atoms. The van der Waals surface area contributed by atoms with Gasteiger partial charge in [0.05, 0.1) is 0 Å². The van der Waals surface area contributed by atoms with Crippen molar-refractivity contribution in [3.05, 3.63) is 78.4 Å². The maximum Gasteiger partial charge on any atom is 0.248 e. The van der Waals surface area contributed by atoms with Gasteiger partial charge >= 0.3 is 0 Å². The lowest BCUT2D eigenvalue weighted by molar-refractivity contribution is 0.100. The maximum atomic E-state index is 11.1. The van der Waals surface area contributed by atoms with Crippen molar-refractivity contribution in [2.45, 2.75) is 0 Å². The molecule has 23 heavy (non-hydrogen) atoms. The molecule has 1 aromatic heterocycles. The summed E-state index contributed by atoms with van der Waals surface area (Å²) in [5, 5.41) is 0. The van der Waals surface area contributed by atoms with Crippen LogP contribution in [0.4, 0.5) is 0 Å². The fraction of sp³-hybridized carbons (Fsp3) is 0. The predicted molar refractivity (Wildman–Crippen MR) is 91.3 cm³/mol. The molecular weight excluding hydrogens is 288 g/mol. The molecule has 0 radical (unpaired) electrons. The van der Waals surface area contributed by atoms with E-state index in [0.29, 0.717) is 11.3 Å². The second-order valence-electron chi connectivity index (χ2n) is 5.21. The van der Waals surface area contributed by atoms with Crippen LogP contribution in [0.2, 0.25) is 0 Å². The van der Waals surface area contributed by atoms with Crippen LogP contribution in [-0.4, -0.2) is 5.91 Å². The van der Waals surface area contributed by atoms with Gasteiger partial charge in [0.25, 0.3) is 0 Å². The molecule has 4 heteroatoms. The number of hydrogen-bond donors (Lipinski definition) is 2. The Morgan fingerprint density at radius 1 is 0.739 bits per heavy atom. The number of carbonyl (C=O) groups excluding carboxylic acids is 1.